The van der Waals surface area contributed by atoms with E-state index in [0.717, 1.165) is 40.3 Å². The van der Waals surface area contributed by atoms with Gasteiger partial charge in [0.1, 0.15) is 5.75 Å². The first-order valence-corrected chi connectivity index (χ1v) is 9.18. The van der Waals surface area contributed by atoms with Crippen molar-refractivity contribution >= 4 is 23.2 Å². The number of allylic oxidation sites excluding steroid dienone is 1. The van der Waals surface area contributed by atoms with E-state index in [0.29, 0.717) is 0 Å². The molecule has 3 nitrogen and oxygen atoms in total. The summed E-state index contributed by atoms with van der Waals surface area (Å²) in [6.45, 7) is 2.13. The number of rotatable bonds is 6. The fourth-order valence-electron chi connectivity index (χ4n) is 3.24. The minimum Gasteiger partial charge on any atom is -0.508 e. The van der Waals surface area contributed by atoms with Crippen molar-refractivity contribution in [2.24, 2.45) is 0 Å². The fourth-order valence-corrected chi connectivity index (χ4v) is 3.24. The predicted octanol–water partition coefficient (Wildman–Crippen LogP) is 5.86. The Balaban J connectivity index is 2.15. The molecule has 0 unspecified atom stereocenters. The van der Waals surface area contributed by atoms with Crippen LogP contribution in [0.25, 0.3) is 17.2 Å². The molecule has 0 radical (unpaired) electrons. The molecular formula is C25H22O3. The van der Waals surface area contributed by atoms with Gasteiger partial charge in [-0.25, -0.2) is 4.79 Å². The van der Waals surface area contributed by atoms with Crippen molar-refractivity contribution in [3.8, 4) is 5.75 Å². The van der Waals surface area contributed by atoms with Crippen molar-refractivity contribution < 1.29 is 15.0 Å². The second-order valence-electron chi connectivity index (χ2n) is 6.41. The molecular weight excluding hydrogens is 348 g/mol. The van der Waals surface area contributed by atoms with Crippen molar-refractivity contribution in [2.45, 2.75) is 13.3 Å². The Morgan fingerprint density at radius 2 is 1.39 bits per heavy atom. The lowest BCUT2D eigenvalue weighted by atomic mass is 9.88. The van der Waals surface area contributed by atoms with Crippen LogP contribution in [0.3, 0.4) is 0 Å². The summed E-state index contributed by atoms with van der Waals surface area (Å²) in [6.07, 6.45) is 3.56. The van der Waals surface area contributed by atoms with Gasteiger partial charge in [-0.1, -0.05) is 73.7 Å². The van der Waals surface area contributed by atoms with Crippen molar-refractivity contribution in [2.75, 3.05) is 0 Å². The Labute approximate surface area is 164 Å². The molecule has 3 aromatic rings. The van der Waals surface area contributed by atoms with E-state index in [1.807, 2.05) is 54.6 Å². The van der Waals surface area contributed by atoms with Crippen molar-refractivity contribution in [3.05, 3.63) is 107 Å². The van der Waals surface area contributed by atoms with E-state index in [4.69, 9.17) is 5.11 Å². The number of aromatic hydroxyl groups is 1. The topological polar surface area (TPSA) is 57.5 Å². The fraction of sp³-hybridized carbons (Fsp3) is 0.0800. The lowest BCUT2D eigenvalue weighted by molar-refractivity contribution is -0.131. The maximum atomic E-state index is 10.7. The molecule has 0 bridgehead atoms. The first kappa shape index (κ1) is 19.2. The second-order valence-corrected chi connectivity index (χ2v) is 6.41. The summed E-state index contributed by atoms with van der Waals surface area (Å²) in [5, 5.41) is 18.5. The molecule has 2 N–H and O–H groups in total. The molecule has 0 aliphatic heterocycles. The molecule has 0 heterocycles. The normalized spacial score (nSPS) is 12.0. The zero-order valence-corrected chi connectivity index (χ0v) is 15.7. The van der Waals surface area contributed by atoms with Gasteiger partial charge in [0, 0.05) is 6.08 Å². The number of carboxylic acids is 1. The number of hydrogen-bond acceptors (Lipinski definition) is 2. The van der Waals surface area contributed by atoms with Crippen LogP contribution in [0.15, 0.2) is 84.9 Å². The van der Waals surface area contributed by atoms with Crippen LogP contribution < -0.4 is 0 Å². The summed E-state index contributed by atoms with van der Waals surface area (Å²) < 4.78 is 0. The van der Waals surface area contributed by atoms with Gasteiger partial charge in [0.25, 0.3) is 0 Å². The van der Waals surface area contributed by atoms with Gasteiger partial charge in [0.2, 0.25) is 0 Å². The first-order valence-electron chi connectivity index (χ1n) is 9.18. The monoisotopic (exact) mass is 370 g/mol. The number of aliphatic carboxylic acids is 1. The highest BCUT2D eigenvalue weighted by atomic mass is 16.4. The number of benzene rings is 3. The van der Waals surface area contributed by atoms with Crippen LogP contribution in [0, 0.1) is 0 Å². The number of carbonyl (C=O) groups is 1. The van der Waals surface area contributed by atoms with Gasteiger partial charge in [-0.2, -0.15) is 0 Å². The van der Waals surface area contributed by atoms with Gasteiger partial charge < -0.3 is 10.2 Å². The van der Waals surface area contributed by atoms with Gasteiger partial charge in [-0.15, -0.1) is 0 Å². The lowest BCUT2D eigenvalue weighted by Gasteiger charge is -2.16. The van der Waals surface area contributed by atoms with Gasteiger partial charge in [-0.05, 0) is 58.0 Å². The van der Waals surface area contributed by atoms with Crippen molar-refractivity contribution in [1.29, 1.82) is 0 Å². The number of phenols is 1. The predicted molar refractivity (Wildman–Crippen MR) is 114 cm³/mol. The largest absolute Gasteiger partial charge is 0.508 e. The first-order chi connectivity index (χ1) is 13.6. The lowest BCUT2D eigenvalue weighted by Crippen LogP contribution is -1.95. The molecule has 3 aromatic carbocycles. The Morgan fingerprint density at radius 3 is 1.93 bits per heavy atom. The summed E-state index contributed by atoms with van der Waals surface area (Å²) >= 11 is 0. The van der Waals surface area contributed by atoms with Gasteiger partial charge in [0.05, 0.1) is 0 Å². The highest BCUT2D eigenvalue weighted by molar-refractivity contribution is 5.98. The third-order valence-corrected chi connectivity index (χ3v) is 4.55. The van der Waals surface area contributed by atoms with Crippen LogP contribution >= 0.6 is 0 Å². The summed E-state index contributed by atoms with van der Waals surface area (Å²) in [5.74, 6) is -0.735. The molecule has 0 spiro atoms. The van der Waals surface area contributed by atoms with E-state index >= 15 is 0 Å². The van der Waals surface area contributed by atoms with Gasteiger partial charge >= 0.3 is 5.97 Å². The molecule has 0 saturated heterocycles. The molecule has 0 saturated carbocycles. The van der Waals surface area contributed by atoms with Gasteiger partial charge in [0.15, 0.2) is 0 Å². The molecule has 140 valence electrons. The Kier molecular flexibility index (Phi) is 6.07. The minimum absolute atomic E-state index is 0.231. The van der Waals surface area contributed by atoms with Crippen LogP contribution in [0.5, 0.6) is 5.75 Å². The maximum Gasteiger partial charge on any atom is 0.328 e. The molecule has 28 heavy (non-hydrogen) atoms. The molecule has 3 heteroatoms. The smallest absolute Gasteiger partial charge is 0.328 e. The van der Waals surface area contributed by atoms with E-state index in [1.54, 1.807) is 18.2 Å². The molecule has 0 aliphatic carbocycles. The highest BCUT2D eigenvalue weighted by Crippen LogP contribution is 2.35. The number of phenolic OH excluding ortho intramolecular Hbond substituents is 1. The van der Waals surface area contributed by atoms with E-state index in [9.17, 15) is 9.90 Å². The number of hydrogen-bond donors (Lipinski definition) is 2. The van der Waals surface area contributed by atoms with Crippen LogP contribution in [-0.2, 0) is 4.79 Å². The number of carboxylic acid groups (broad SMARTS) is 1. The average Bonchev–Trinajstić information content (AvgIpc) is 2.72. The van der Waals surface area contributed by atoms with Crippen LogP contribution in [0.4, 0.5) is 0 Å². The Morgan fingerprint density at radius 1 is 0.821 bits per heavy atom. The van der Waals surface area contributed by atoms with E-state index in [2.05, 4.69) is 19.1 Å². The SMILES string of the molecule is CC/C(=C(\c1ccc(O)cc1)c1ccc(C=CC(=O)O)cc1)c1ccccc1. The summed E-state index contributed by atoms with van der Waals surface area (Å²) in [7, 11) is 0. The van der Waals surface area contributed by atoms with E-state index < -0.39 is 5.97 Å². The maximum absolute atomic E-state index is 10.7. The molecule has 0 atom stereocenters. The average molecular weight is 370 g/mol. The minimum atomic E-state index is -0.967. The van der Waals surface area contributed by atoms with E-state index in [1.165, 1.54) is 5.57 Å². The zero-order chi connectivity index (χ0) is 19.9. The van der Waals surface area contributed by atoms with E-state index in [-0.39, 0.29) is 5.75 Å². The standard InChI is InChI=1S/C25H22O3/c1-2-23(19-6-4-3-5-7-19)25(21-13-15-22(26)16-14-21)20-11-8-18(9-12-20)10-17-24(27)28/h3-17,26H,2H2,1H3,(H,27,28)/b17-10?,25-23+. The van der Waals surface area contributed by atoms with Gasteiger partial charge in [-0.3, -0.25) is 0 Å². The third kappa shape index (κ3) is 4.57. The summed E-state index contributed by atoms with van der Waals surface area (Å²) in [6, 6.07) is 25.3. The van der Waals surface area contributed by atoms with Crippen molar-refractivity contribution in [1.82, 2.24) is 0 Å². The molecule has 0 fully saturated rings. The van der Waals surface area contributed by atoms with Crippen molar-refractivity contribution in [3.63, 3.8) is 0 Å². The van der Waals surface area contributed by atoms with Crippen LogP contribution in [-0.4, -0.2) is 16.2 Å². The Bertz CT molecular complexity index is 996. The zero-order valence-electron chi connectivity index (χ0n) is 15.7. The molecule has 3 rings (SSSR count). The summed E-state index contributed by atoms with van der Waals surface area (Å²) in [4.78, 5) is 10.7. The highest BCUT2D eigenvalue weighted by Gasteiger charge is 2.13. The third-order valence-electron chi connectivity index (χ3n) is 4.55. The second kappa shape index (κ2) is 8.87. The molecule has 0 aliphatic rings. The quantitative estimate of drug-likeness (QED) is 0.422. The molecule has 0 aromatic heterocycles. The Hall–Kier alpha value is -3.59. The van der Waals surface area contributed by atoms with Crippen LogP contribution in [0.1, 0.15) is 35.6 Å². The van der Waals surface area contributed by atoms with Crippen LogP contribution in [0.2, 0.25) is 0 Å². The molecule has 0 amide bonds. The summed E-state index contributed by atoms with van der Waals surface area (Å²) in [5.41, 5.74) is 6.35.